The number of benzene rings is 1. The van der Waals surface area contributed by atoms with E-state index in [2.05, 4.69) is 4.98 Å². The monoisotopic (exact) mass is 256 g/mol. The zero-order valence-electron chi connectivity index (χ0n) is 10.3. The Morgan fingerprint density at radius 1 is 1.21 bits per heavy atom. The van der Waals surface area contributed by atoms with Gasteiger partial charge in [-0.2, -0.15) is 5.26 Å². The molecule has 0 fully saturated rings. The van der Waals surface area contributed by atoms with Gasteiger partial charge in [0.1, 0.15) is 0 Å². The second-order valence-corrected chi connectivity index (χ2v) is 4.06. The maximum atomic E-state index is 13.5. The van der Waals surface area contributed by atoms with Crippen LogP contribution in [-0.2, 0) is 6.42 Å². The van der Waals surface area contributed by atoms with Gasteiger partial charge in [-0.15, -0.1) is 0 Å². The predicted molar refractivity (Wildman–Crippen MR) is 69.2 cm³/mol. The summed E-state index contributed by atoms with van der Waals surface area (Å²) in [5, 5.41) is 8.63. The first-order chi connectivity index (χ1) is 9.29. The minimum Gasteiger partial charge on any atom is -0.491 e. The van der Waals surface area contributed by atoms with E-state index < -0.39 is 5.82 Å². The van der Waals surface area contributed by atoms with Crippen molar-refractivity contribution >= 4 is 0 Å². The van der Waals surface area contributed by atoms with E-state index in [0.29, 0.717) is 12.2 Å². The van der Waals surface area contributed by atoms with Crippen LogP contribution in [0.1, 0.15) is 17.5 Å². The van der Waals surface area contributed by atoms with E-state index in [0.717, 1.165) is 12.8 Å². The van der Waals surface area contributed by atoms with Crippen LogP contribution in [0.4, 0.5) is 4.39 Å². The van der Waals surface area contributed by atoms with Crippen LogP contribution >= 0.6 is 0 Å². The van der Waals surface area contributed by atoms with E-state index in [-0.39, 0.29) is 5.75 Å². The summed E-state index contributed by atoms with van der Waals surface area (Å²) in [7, 11) is 0. The van der Waals surface area contributed by atoms with Crippen molar-refractivity contribution in [1.29, 1.82) is 5.26 Å². The molecule has 0 aliphatic rings. The molecule has 0 saturated heterocycles. The minimum atomic E-state index is -0.497. The van der Waals surface area contributed by atoms with Crippen molar-refractivity contribution in [1.82, 2.24) is 4.98 Å². The Bertz CT molecular complexity index is 578. The zero-order chi connectivity index (χ0) is 13.5. The summed E-state index contributed by atoms with van der Waals surface area (Å²) in [5.41, 5.74) is 1.47. The molecule has 1 heterocycles. The number of ether oxygens (including phenoxy) is 1. The van der Waals surface area contributed by atoms with E-state index in [1.54, 1.807) is 18.5 Å². The molecule has 0 atom stereocenters. The van der Waals surface area contributed by atoms with E-state index in [1.165, 1.54) is 17.7 Å². The number of hydrogen-bond acceptors (Lipinski definition) is 3. The summed E-state index contributed by atoms with van der Waals surface area (Å²) >= 11 is 0. The first kappa shape index (κ1) is 13.0. The Kier molecular flexibility index (Phi) is 4.46. The standard InChI is InChI=1S/C15H13FN2O/c16-14-10-13(11-17)3-4-15(14)19-9-1-2-12-5-7-18-8-6-12/h3-8,10H,1-2,9H2. The molecule has 3 nitrogen and oxygen atoms in total. The predicted octanol–water partition coefficient (Wildman–Crippen LogP) is 3.10. The van der Waals surface area contributed by atoms with Crippen molar-refractivity contribution in [3.63, 3.8) is 0 Å². The lowest BCUT2D eigenvalue weighted by Gasteiger charge is -2.07. The van der Waals surface area contributed by atoms with Crippen LogP contribution in [0.3, 0.4) is 0 Å². The van der Waals surface area contributed by atoms with Crippen molar-refractivity contribution in [3.05, 3.63) is 59.7 Å². The fraction of sp³-hybridized carbons (Fsp3) is 0.200. The molecule has 96 valence electrons. The summed E-state index contributed by atoms with van der Waals surface area (Å²) in [4.78, 5) is 3.94. The number of nitrogens with zero attached hydrogens (tertiary/aromatic N) is 2. The van der Waals surface area contributed by atoms with Crippen molar-refractivity contribution in [3.8, 4) is 11.8 Å². The van der Waals surface area contributed by atoms with Crippen molar-refractivity contribution < 1.29 is 9.13 Å². The van der Waals surface area contributed by atoms with Crippen LogP contribution in [0.25, 0.3) is 0 Å². The molecule has 4 heteroatoms. The summed E-state index contributed by atoms with van der Waals surface area (Å²) in [6.07, 6.45) is 5.15. The van der Waals surface area contributed by atoms with E-state index >= 15 is 0 Å². The van der Waals surface area contributed by atoms with Gasteiger partial charge in [-0.1, -0.05) is 0 Å². The number of rotatable bonds is 5. The molecular weight excluding hydrogens is 243 g/mol. The number of pyridine rings is 1. The van der Waals surface area contributed by atoms with E-state index in [9.17, 15) is 4.39 Å². The minimum absolute atomic E-state index is 0.189. The smallest absolute Gasteiger partial charge is 0.166 e. The van der Waals surface area contributed by atoms with Gasteiger partial charge in [0, 0.05) is 12.4 Å². The van der Waals surface area contributed by atoms with Gasteiger partial charge in [0.2, 0.25) is 0 Å². The highest BCUT2D eigenvalue weighted by Crippen LogP contribution is 2.18. The summed E-state index contributed by atoms with van der Waals surface area (Å²) in [5.74, 6) is -0.309. The second kappa shape index (κ2) is 6.50. The summed E-state index contributed by atoms with van der Waals surface area (Å²) in [6.45, 7) is 0.436. The summed E-state index contributed by atoms with van der Waals surface area (Å²) in [6, 6.07) is 9.98. The van der Waals surface area contributed by atoms with Crippen LogP contribution < -0.4 is 4.74 Å². The molecule has 0 amide bonds. The van der Waals surface area contributed by atoms with Gasteiger partial charge >= 0.3 is 0 Å². The fourth-order valence-electron chi connectivity index (χ4n) is 1.70. The first-order valence-corrected chi connectivity index (χ1v) is 6.01. The van der Waals surface area contributed by atoms with Crippen molar-refractivity contribution in [2.75, 3.05) is 6.61 Å². The van der Waals surface area contributed by atoms with Gasteiger partial charge < -0.3 is 4.74 Å². The average Bonchev–Trinajstić information content (AvgIpc) is 2.46. The molecule has 0 bridgehead atoms. The van der Waals surface area contributed by atoms with Crippen LogP contribution in [0.15, 0.2) is 42.7 Å². The fourth-order valence-corrected chi connectivity index (χ4v) is 1.70. The molecule has 19 heavy (non-hydrogen) atoms. The molecule has 2 rings (SSSR count). The number of halogens is 1. The summed E-state index contributed by atoms with van der Waals surface area (Å²) < 4.78 is 18.9. The largest absolute Gasteiger partial charge is 0.491 e. The van der Waals surface area contributed by atoms with Gasteiger partial charge in [-0.25, -0.2) is 4.39 Å². The molecular formula is C15H13FN2O. The van der Waals surface area contributed by atoms with Crippen LogP contribution in [0, 0.1) is 17.1 Å². The third-order valence-electron chi connectivity index (χ3n) is 2.68. The Balaban J connectivity index is 1.82. The third-order valence-corrected chi connectivity index (χ3v) is 2.68. The van der Waals surface area contributed by atoms with E-state index in [4.69, 9.17) is 10.00 Å². The molecule has 1 aromatic heterocycles. The lowest BCUT2D eigenvalue weighted by Crippen LogP contribution is -2.01. The molecule has 0 N–H and O–H groups in total. The maximum absolute atomic E-state index is 13.5. The highest BCUT2D eigenvalue weighted by Gasteiger charge is 2.04. The highest BCUT2D eigenvalue weighted by molar-refractivity contribution is 5.35. The average molecular weight is 256 g/mol. The third kappa shape index (κ3) is 3.78. The molecule has 0 radical (unpaired) electrons. The molecule has 0 aliphatic carbocycles. The van der Waals surface area contributed by atoms with Crippen molar-refractivity contribution in [2.24, 2.45) is 0 Å². The van der Waals surface area contributed by atoms with Gasteiger partial charge in [0.25, 0.3) is 0 Å². The molecule has 0 saturated carbocycles. The number of aromatic nitrogens is 1. The lowest BCUT2D eigenvalue weighted by molar-refractivity contribution is 0.295. The molecule has 2 aromatic rings. The molecule has 0 unspecified atom stereocenters. The Labute approximate surface area is 111 Å². The van der Waals surface area contributed by atoms with Gasteiger partial charge in [-0.3, -0.25) is 4.98 Å². The number of hydrogen-bond donors (Lipinski definition) is 0. The maximum Gasteiger partial charge on any atom is 0.166 e. The highest BCUT2D eigenvalue weighted by atomic mass is 19.1. The normalized spacial score (nSPS) is 9.89. The van der Waals surface area contributed by atoms with E-state index in [1.807, 2.05) is 18.2 Å². The Morgan fingerprint density at radius 2 is 2.00 bits per heavy atom. The van der Waals surface area contributed by atoms with Crippen LogP contribution in [0.5, 0.6) is 5.75 Å². The number of nitriles is 1. The molecule has 0 spiro atoms. The molecule has 0 aliphatic heterocycles. The Morgan fingerprint density at radius 3 is 2.68 bits per heavy atom. The van der Waals surface area contributed by atoms with Gasteiger partial charge in [0.15, 0.2) is 11.6 Å². The number of aryl methyl sites for hydroxylation is 1. The topological polar surface area (TPSA) is 45.9 Å². The van der Waals surface area contributed by atoms with Crippen molar-refractivity contribution in [2.45, 2.75) is 12.8 Å². The lowest BCUT2D eigenvalue weighted by atomic mass is 10.1. The zero-order valence-corrected chi connectivity index (χ0v) is 10.3. The second-order valence-electron chi connectivity index (χ2n) is 4.06. The first-order valence-electron chi connectivity index (χ1n) is 6.01. The quantitative estimate of drug-likeness (QED) is 0.772. The Hall–Kier alpha value is -2.41. The van der Waals surface area contributed by atoms with Crippen LogP contribution in [-0.4, -0.2) is 11.6 Å². The van der Waals surface area contributed by atoms with Gasteiger partial charge in [0.05, 0.1) is 18.2 Å². The van der Waals surface area contributed by atoms with Crippen LogP contribution in [0.2, 0.25) is 0 Å². The molecule has 1 aromatic carbocycles. The van der Waals surface area contributed by atoms with Gasteiger partial charge in [-0.05, 0) is 48.7 Å². The SMILES string of the molecule is N#Cc1ccc(OCCCc2ccncc2)c(F)c1.